The van der Waals surface area contributed by atoms with Gasteiger partial charge in [0, 0.05) is 24.5 Å². The molecule has 0 saturated heterocycles. The Hall–Kier alpha value is -3.51. The second kappa shape index (κ2) is 10.00. The minimum Gasteiger partial charge on any atom is -0.350 e. The lowest BCUT2D eigenvalue weighted by molar-refractivity contribution is 0.0942. The smallest absolute Gasteiger partial charge is 0.255 e. The van der Waals surface area contributed by atoms with E-state index in [9.17, 15) is 9.59 Å². The van der Waals surface area contributed by atoms with Gasteiger partial charge in [-0.3, -0.25) is 14.6 Å². The van der Waals surface area contributed by atoms with E-state index in [0.717, 1.165) is 11.1 Å². The summed E-state index contributed by atoms with van der Waals surface area (Å²) in [6, 6.07) is 17.0. The molecule has 3 rings (SSSR count). The van der Waals surface area contributed by atoms with Gasteiger partial charge in [0.25, 0.3) is 11.8 Å². The summed E-state index contributed by atoms with van der Waals surface area (Å²) in [5, 5.41) is 5.92. The van der Waals surface area contributed by atoms with Crippen molar-refractivity contribution in [2.24, 2.45) is 0 Å². The zero-order valence-electron chi connectivity index (χ0n) is 18.3. The van der Waals surface area contributed by atoms with Crippen molar-refractivity contribution < 1.29 is 9.59 Å². The second-order valence-electron chi connectivity index (χ2n) is 7.79. The normalized spacial score (nSPS) is 11.8. The number of amides is 2. The standard InChI is InChI=1S/C25H28N4O2/c1-17-8-10-19(11-9-17)22(29(3)4)16-27-25(31)21-7-5-6-18(2)23(21)28-24(30)20-12-14-26-15-13-20/h5-15,22H,16H2,1-4H3,(H,27,31)(H,28,30). The molecule has 0 bridgehead atoms. The first kappa shape index (κ1) is 22.2. The third kappa shape index (κ3) is 5.55. The summed E-state index contributed by atoms with van der Waals surface area (Å²) in [6.45, 7) is 4.37. The van der Waals surface area contributed by atoms with Crippen LogP contribution in [0.5, 0.6) is 0 Å². The van der Waals surface area contributed by atoms with E-state index in [1.807, 2.05) is 33.2 Å². The highest BCUT2D eigenvalue weighted by atomic mass is 16.2. The minimum absolute atomic E-state index is 0.0317. The summed E-state index contributed by atoms with van der Waals surface area (Å²) in [7, 11) is 3.98. The van der Waals surface area contributed by atoms with Crippen molar-refractivity contribution in [3.63, 3.8) is 0 Å². The molecular formula is C25H28N4O2. The van der Waals surface area contributed by atoms with Crippen molar-refractivity contribution in [1.29, 1.82) is 0 Å². The highest BCUT2D eigenvalue weighted by Gasteiger charge is 2.19. The van der Waals surface area contributed by atoms with E-state index in [-0.39, 0.29) is 17.9 Å². The van der Waals surface area contributed by atoms with Gasteiger partial charge in [-0.25, -0.2) is 0 Å². The van der Waals surface area contributed by atoms with Crippen LogP contribution in [0.1, 0.15) is 43.4 Å². The van der Waals surface area contributed by atoms with Gasteiger partial charge < -0.3 is 15.5 Å². The van der Waals surface area contributed by atoms with Gasteiger partial charge in [0.2, 0.25) is 0 Å². The van der Waals surface area contributed by atoms with Crippen LogP contribution in [-0.4, -0.2) is 42.3 Å². The molecule has 2 N–H and O–H groups in total. The molecule has 3 aromatic rings. The van der Waals surface area contributed by atoms with Crippen molar-refractivity contribution in [3.8, 4) is 0 Å². The molecule has 0 radical (unpaired) electrons. The lowest BCUT2D eigenvalue weighted by Crippen LogP contribution is -2.35. The largest absolute Gasteiger partial charge is 0.350 e. The fourth-order valence-electron chi connectivity index (χ4n) is 3.38. The number of hydrogen-bond acceptors (Lipinski definition) is 4. The number of rotatable bonds is 7. The number of benzene rings is 2. The lowest BCUT2D eigenvalue weighted by Gasteiger charge is -2.25. The van der Waals surface area contributed by atoms with Crippen LogP contribution in [0, 0.1) is 13.8 Å². The summed E-state index contributed by atoms with van der Waals surface area (Å²) in [6.07, 6.45) is 3.12. The van der Waals surface area contributed by atoms with Gasteiger partial charge in [-0.1, -0.05) is 42.0 Å². The van der Waals surface area contributed by atoms with Gasteiger partial charge in [0.15, 0.2) is 0 Å². The summed E-state index contributed by atoms with van der Waals surface area (Å²) >= 11 is 0. The number of aryl methyl sites for hydroxylation is 2. The number of pyridine rings is 1. The molecule has 6 heteroatoms. The predicted molar refractivity (Wildman–Crippen MR) is 123 cm³/mol. The van der Waals surface area contributed by atoms with Gasteiger partial charge in [-0.15, -0.1) is 0 Å². The Labute approximate surface area is 183 Å². The summed E-state index contributed by atoms with van der Waals surface area (Å²) in [4.78, 5) is 31.7. The van der Waals surface area contributed by atoms with Crippen molar-refractivity contribution >= 4 is 17.5 Å². The maximum absolute atomic E-state index is 13.1. The topological polar surface area (TPSA) is 74.3 Å². The molecule has 1 heterocycles. The van der Waals surface area contributed by atoms with Crippen LogP contribution in [0.25, 0.3) is 0 Å². The van der Waals surface area contributed by atoms with E-state index in [0.29, 0.717) is 23.4 Å². The average molecular weight is 417 g/mol. The summed E-state index contributed by atoms with van der Waals surface area (Å²) < 4.78 is 0. The molecule has 0 aliphatic carbocycles. The number of hydrogen-bond donors (Lipinski definition) is 2. The Morgan fingerprint density at radius 1 is 0.935 bits per heavy atom. The third-order valence-electron chi connectivity index (χ3n) is 5.24. The first-order chi connectivity index (χ1) is 14.9. The number of carbonyl (C=O) groups excluding carboxylic acids is 2. The Kier molecular flexibility index (Phi) is 7.15. The molecule has 6 nitrogen and oxygen atoms in total. The maximum atomic E-state index is 13.1. The number of carbonyl (C=O) groups is 2. The number of para-hydroxylation sites is 1. The first-order valence-electron chi connectivity index (χ1n) is 10.2. The molecule has 0 saturated carbocycles. The monoisotopic (exact) mass is 416 g/mol. The predicted octanol–water partition coefficient (Wildman–Crippen LogP) is 3.98. The van der Waals surface area contributed by atoms with Crippen LogP contribution < -0.4 is 10.6 Å². The quantitative estimate of drug-likeness (QED) is 0.611. The van der Waals surface area contributed by atoms with Crippen molar-refractivity contribution in [2.75, 3.05) is 26.0 Å². The van der Waals surface area contributed by atoms with E-state index >= 15 is 0 Å². The van der Waals surface area contributed by atoms with Gasteiger partial charge in [-0.2, -0.15) is 0 Å². The number of nitrogens with one attached hydrogen (secondary N) is 2. The van der Waals surface area contributed by atoms with Crippen molar-refractivity contribution in [3.05, 3.63) is 94.8 Å². The molecule has 2 aromatic carbocycles. The SMILES string of the molecule is Cc1ccc(C(CNC(=O)c2cccc(C)c2NC(=O)c2ccncc2)N(C)C)cc1. The van der Waals surface area contributed by atoms with Crippen molar-refractivity contribution in [2.45, 2.75) is 19.9 Å². The van der Waals surface area contributed by atoms with E-state index in [1.54, 1.807) is 30.6 Å². The molecule has 1 unspecified atom stereocenters. The Morgan fingerprint density at radius 3 is 2.26 bits per heavy atom. The molecule has 0 aliphatic heterocycles. The molecule has 1 aromatic heterocycles. The van der Waals surface area contributed by atoms with Crippen LogP contribution in [0.3, 0.4) is 0 Å². The third-order valence-corrected chi connectivity index (χ3v) is 5.24. The molecule has 31 heavy (non-hydrogen) atoms. The maximum Gasteiger partial charge on any atom is 0.255 e. The molecule has 160 valence electrons. The fraction of sp³-hybridized carbons (Fsp3) is 0.240. The van der Waals surface area contributed by atoms with Crippen LogP contribution >= 0.6 is 0 Å². The number of anilines is 1. The van der Waals surface area contributed by atoms with Gasteiger partial charge in [-0.05, 0) is 57.3 Å². The van der Waals surface area contributed by atoms with Crippen LogP contribution in [0.2, 0.25) is 0 Å². The molecular weight excluding hydrogens is 388 g/mol. The van der Waals surface area contributed by atoms with E-state index in [4.69, 9.17) is 0 Å². The number of likely N-dealkylation sites (N-methyl/N-ethyl adjacent to an activating group) is 1. The van der Waals surface area contributed by atoms with Crippen molar-refractivity contribution in [1.82, 2.24) is 15.2 Å². The average Bonchev–Trinajstić information content (AvgIpc) is 2.76. The van der Waals surface area contributed by atoms with Crippen LogP contribution in [-0.2, 0) is 0 Å². The highest BCUT2D eigenvalue weighted by Crippen LogP contribution is 2.23. The van der Waals surface area contributed by atoms with E-state index < -0.39 is 0 Å². The Morgan fingerprint density at radius 2 is 1.61 bits per heavy atom. The molecule has 2 amide bonds. The van der Waals surface area contributed by atoms with Gasteiger partial charge in [0.05, 0.1) is 17.3 Å². The Balaban J connectivity index is 1.77. The molecule has 0 aliphatic rings. The second-order valence-corrected chi connectivity index (χ2v) is 7.79. The lowest BCUT2D eigenvalue weighted by atomic mass is 10.0. The van der Waals surface area contributed by atoms with E-state index in [1.165, 1.54) is 5.56 Å². The molecule has 0 spiro atoms. The Bertz CT molecular complexity index is 1050. The summed E-state index contributed by atoms with van der Waals surface area (Å²) in [5.41, 5.74) is 4.57. The fourth-order valence-corrected chi connectivity index (χ4v) is 3.38. The molecule has 0 fully saturated rings. The van der Waals surface area contributed by atoms with Crippen LogP contribution in [0.4, 0.5) is 5.69 Å². The number of aromatic nitrogens is 1. The number of nitrogens with zero attached hydrogens (tertiary/aromatic N) is 2. The van der Waals surface area contributed by atoms with E-state index in [2.05, 4.69) is 51.7 Å². The molecule has 1 atom stereocenters. The highest BCUT2D eigenvalue weighted by molar-refractivity contribution is 6.09. The zero-order chi connectivity index (χ0) is 22.4. The first-order valence-corrected chi connectivity index (χ1v) is 10.2. The summed E-state index contributed by atoms with van der Waals surface area (Å²) in [5.74, 6) is -0.510. The van der Waals surface area contributed by atoms with Crippen LogP contribution in [0.15, 0.2) is 67.0 Å². The van der Waals surface area contributed by atoms with Gasteiger partial charge >= 0.3 is 0 Å². The zero-order valence-corrected chi connectivity index (χ0v) is 18.3. The minimum atomic E-state index is -0.281. The van der Waals surface area contributed by atoms with Gasteiger partial charge in [0.1, 0.15) is 0 Å².